The molecule has 2 heterocycles. The molecule has 0 saturated heterocycles. The third-order valence-corrected chi connectivity index (χ3v) is 13.1. The zero-order valence-electron chi connectivity index (χ0n) is 35.2. The molecule has 288 valence electrons. The first kappa shape index (κ1) is 42.9. The Kier molecular flexibility index (Phi) is 17.7. The zero-order valence-corrected chi connectivity index (χ0v) is 36.8. The van der Waals surface area contributed by atoms with Gasteiger partial charge in [-0.1, -0.05) is 114 Å². The highest BCUT2D eigenvalue weighted by atomic mass is 32.1. The topological polar surface area (TPSA) is 24.7 Å². The Hall–Kier alpha value is -2.82. The molecule has 0 aliphatic rings. The van der Waals surface area contributed by atoms with E-state index in [1.165, 1.54) is 152 Å². The Morgan fingerprint density at radius 2 is 0.792 bits per heavy atom. The average Bonchev–Trinajstić information content (AvgIpc) is 3.72. The lowest BCUT2D eigenvalue weighted by Gasteiger charge is -2.16. The summed E-state index contributed by atoms with van der Waals surface area (Å²) >= 11 is 4.03. The predicted octanol–water partition coefficient (Wildman–Crippen LogP) is 15.9. The van der Waals surface area contributed by atoms with Crippen molar-refractivity contribution in [3.63, 3.8) is 0 Å². The van der Waals surface area contributed by atoms with Crippen LogP contribution in [0.4, 0.5) is 11.4 Å². The van der Waals surface area contributed by atoms with Gasteiger partial charge in [0.2, 0.25) is 0 Å². The molecule has 0 aliphatic carbocycles. The van der Waals surface area contributed by atoms with E-state index in [1.807, 2.05) is 22.7 Å². The summed E-state index contributed by atoms with van der Waals surface area (Å²) in [5, 5.41) is 0. The second-order valence-corrected chi connectivity index (χ2v) is 18.0. The van der Waals surface area contributed by atoms with Gasteiger partial charge in [-0.15, -0.1) is 22.7 Å². The lowest BCUT2D eigenvalue weighted by Crippen LogP contribution is -2.12. The summed E-state index contributed by atoms with van der Waals surface area (Å²) in [4.78, 5) is 17.3. The van der Waals surface area contributed by atoms with Crippen molar-refractivity contribution < 1.29 is 0 Å². The molecule has 0 saturated carbocycles. The fourth-order valence-electron chi connectivity index (χ4n) is 7.73. The van der Waals surface area contributed by atoms with Gasteiger partial charge >= 0.3 is 0 Å². The highest BCUT2D eigenvalue weighted by Gasteiger charge is 2.23. The third-order valence-electron chi connectivity index (χ3n) is 10.5. The molecule has 4 rings (SSSR count). The second kappa shape index (κ2) is 21.9. The molecule has 4 aromatic rings. The SMILES string of the molecule is CCCCCCc1cc(CCCC)sc1C(CC(=Nc1c(C)cc(C)cc1C)c1sc(CCCC)cc1CCCCCC)=Nc1c(C)cc(C)cc1C. The van der Waals surface area contributed by atoms with Gasteiger partial charge in [0.15, 0.2) is 0 Å². The maximum Gasteiger partial charge on any atom is 0.0692 e. The zero-order chi connectivity index (χ0) is 38.3. The van der Waals surface area contributed by atoms with E-state index < -0.39 is 0 Å². The number of aliphatic imine (C=N–C) groups is 2. The Labute approximate surface area is 332 Å². The van der Waals surface area contributed by atoms with Crippen LogP contribution in [0, 0.1) is 41.5 Å². The van der Waals surface area contributed by atoms with Gasteiger partial charge in [-0.3, -0.25) is 9.98 Å². The number of hydrogen-bond acceptors (Lipinski definition) is 4. The quantitative estimate of drug-likeness (QED) is 0.0564. The van der Waals surface area contributed by atoms with Gasteiger partial charge in [0, 0.05) is 16.2 Å². The maximum atomic E-state index is 5.76. The standard InChI is InChI=1S/C49H70N2S2/c1-11-15-19-21-23-40-31-42(25-17-13-3)52-48(40)44(50-46-36(7)27-34(5)28-37(46)8)33-45(51-47-38(9)29-35(6)30-39(47)10)49-41(24-22-20-16-12-2)32-43(53-49)26-18-14-4/h27-32H,11-26,33H2,1-10H3. The van der Waals surface area contributed by atoms with Crippen LogP contribution >= 0.6 is 22.7 Å². The molecule has 0 spiro atoms. The first-order valence-corrected chi connectivity index (χ1v) is 22.8. The second-order valence-electron chi connectivity index (χ2n) is 15.8. The average molecular weight is 751 g/mol. The Balaban J connectivity index is 1.99. The van der Waals surface area contributed by atoms with Crippen molar-refractivity contribution in [2.45, 2.75) is 178 Å². The van der Waals surface area contributed by atoms with E-state index in [2.05, 4.69) is 106 Å². The van der Waals surface area contributed by atoms with E-state index in [9.17, 15) is 0 Å². The van der Waals surface area contributed by atoms with Crippen LogP contribution in [0.2, 0.25) is 0 Å². The summed E-state index contributed by atoms with van der Waals surface area (Å²) in [6.45, 7) is 22.6. The van der Waals surface area contributed by atoms with E-state index in [1.54, 1.807) is 0 Å². The van der Waals surface area contributed by atoms with E-state index >= 15 is 0 Å². The van der Waals surface area contributed by atoms with E-state index in [-0.39, 0.29) is 0 Å². The van der Waals surface area contributed by atoms with Crippen LogP contribution < -0.4 is 0 Å². The molecule has 0 unspecified atom stereocenters. The van der Waals surface area contributed by atoms with Crippen molar-refractivity contribution in [3.05, 3.63) is 100 Å². The van der Waals surface area contributed by atoms with Gasteiger partial charge in [0.1, 0.15) is 0 Å². The molecule has 2 aromatic heterocycles. The van der Waals surface area contributed by atoms with Crippen molar-refractivity contribution in [3.8, 4) is 0 Å². The molecule has 0 amide bonds. The van der Waals surface area contributed by atoms with Crippen LogP contribution in [0.1, 0.15) is 175 Å². The molecule has 4 heteroatoms. The Bertz CT molecular complexity index is 1640. The summed E-state index contributed by atoms with van der Waals surface area (Å²) in [7, 11) is 0. The highest BCUT2D eigenvalue weighted by Crippen LogP contribution is 2.36. The number of thiophene rings is 2. The lowest BCUT2D eigenvalue weighted by molar-refractivity contribution is 0.667. The van der Waals surface area contributed by atoms with Gasteiger partial charge in [-0.25, -0.2) is 0 Å². The number of nitrogens with zero attached hydrogens (tertiary/aromatic N) is 2. The molecule has 0 fully saturated rings. The van der Waals surface area contributed by atoms with Crippen molar-refractivity contribution in [1.29, 1.82) is 0 Å². The smallest absolute Gasteiger partial charge is 0.0692 e. The molecule has 0 radical (unpaired) electrons. The molecule has 2 aromatic carbocycles. The fourth-order valence-corrected chi connectivity index (χ4v) is 10.2. The minimum absolute atomic E-state index is 0.727. The monoisotopic (exact) mass is 750 g/mol. The van der Waals surface area contributed by atoms with Crippen molar-refractivity contribution in [1.82, 2.24) is 0 Å². The first-order chi connectivity index (χ1) is 25.6. The maximum absolute atomic E-state index is 5.76. The van der Waals surface area contributed by atoms with Crippen LogP contribution in [0.5, 0.6) is 0 Å². The largest absolute Gasteiger partial charge is 0.251 e. The van der Waals surface area contributed by atoms with Gasteiger partial charge in [0.05, 0.1) is 32.6 Å². The van der Waals surface area contributed by atoms with Crippen LogP contribution in [-0.4, -0.2) is 11.4 Å². The third kappa shape index (κ3) is 12.6. The molecule has 53 heavy (non-hydrogen) atoms. The number of rotatable bonds is 22. The minimum atomic E-state index is 0.727. The van der Waals surface area contributed by atoms with Gasteiger partial charge < -0.3 is 0 Å². The van der Waals surface area contributed by atoms with Gasteiger partial charge in [-0.2, -0.15) is 0 Å². The molecule has 0 aliphatic heterocycles. The summed E-state index contributed by atoms with van der Waals surface area (Å²) < 4.78 is 0. The Morgan fingerprint density at radius 1 is 0.434 bits per heavy atom. The molecular weight excluding hydrogens is 681 g/mol. The molecule has 0 atom stereocenters. The van der Waals surface area contributed by atoms with Crippen molar-refractivity contribution in [2.75, 3.05) is 0 Å². The van der Waals surface area contributed by atoms with E-state index in [0.717, 1.165) is 43.5 Å². The molecular formula is C49H70N2S2. The number of aryl methyl sites for hydroxylation is 10. The summed E-state index contributed by atoms with van der Waals surface area (Å²) in [5.74, 6) is 0. The number of hydrogen-bond donors (Lipinski definition) is 0. The highest BCUT2D eigenvalue weighted by molar-refractivity contribution is 7.15. The van der Waals surface area contributed by atoms with Crippen LogP contribution in [-0.2, 0) is 25.7 Å². The fraction of sp³-hybridized carbons (Fsp3) is 0.551. The number of benzene rings is 2. The minimum Gasteiger partial charge on any atom is -0.251 e. The van der Waals surface area contributed by atoms with E-state index in [0.29, 0.717) is 0 Å². The van der Waals surface area contributed by atoms with Crippen LogP contribution in [0.25, 0.3) is 0 Å². The lowest BCUT2D eigenvalue weighted by atomic mass is 9.98. The van der Waals surface area contributed by atoms with E-state index in [4.69, 9.17) is 9.98 Å². The van der Waals surface area contributed by atoms with Crippen molar-refractivity contribution >= 4 is 45.5 Å². The number of unbranched alkanes of at least 4 members (excludes halogenated alkanes) is 8. The van der Waals surface area contributed by atoms with Crippen molar-refractivity contribution in [2.24, 2.45) is 9.98 Å². The summed E-state index contributed by atoms with van der Waals surface area (Å²) in [5.41, 5.74) is 15.3. The summed E-state index contributed by atoms with van der Waals surface area (Å²) in [6, 6.07) is 14.3. The molecule has 0 bridgehead atoms. The Morgan fingerprint density at radius 3 is 1.13 bits per heavy atom. The summed E-state index contributed by atoms with van der Waals surface area (Å²) in [6.07, 6.45) is 20.3. The molecule has 0 N–H and O–H groups in total. The first-order valence-electron chi connectivity index (χ1n) is 21.1. The normalized spacial score (nSPS) is 12.3. The predicted molar refractivity (Wildman–Crippen MR) is 240 cm³/mol. The van der Waals surface area contributed by atoms with Gasteiger partial charge in [-0.05, 0) is 138 Å². The van der Waals surface area contributed by atoms with Crippen LogP contribution in [0.15, 0.2) is 46.4 Å². The molecule has 2 nitrogen and oxygen atoms in total. The van der Waals surface area contributed by atoms with Crippen LogP contribution in [0.3, 0.4) is 0 Å². The van der Waals surface area contributed by atoms with Gasteiger partial charge in [0.25, 0.3) is 0 Å².